The van der Waals surface area contributed by atoms with Gasteiger partial charge in [-0.15, -0.1) is 0 Å². The van der Waals surface area contributed by atoms with Crippen LogP contribution < -0.4 is 5.32 Å². The standard InChI is InChI=1S/C17H24N4O6/c1-9-5-14(22)12(13(9)7-21(25)26)6-16(24)27-8-15(23)18-17-10(2)19-20(4)11(17)3/h9,12-13H,5-8H2,1-4H3,(H,18,23)/t9-,12+,13-/m1/s1. The van der Waals surface area contributed by atoms with Crippen LogP contribution in [0.3, 0.4) is 0 Å². The summed E-state index contributed by atoms with van der Waals surface area (Å²) >= 11 is 0. The molecule has 1 fully saturated rings. The van der Waals surface area contributed by atoms with Crippen LogP contribution in [-0.4, -0.2) is 45.5 Å². The normalized spacial score (nSPS) is 21.9. The predicted octanol–water partition coefficient (Wildman–Crippen LogP) is 1.03. The fourth-order valence-corrected chi connectivity index (χ4v) is 3.51. The van der Waals surface area contributed by atoms with Crippen LogP contribution in [0.15, 0.2) is 0 Å². The SMILES string of the molecule is Cc1nn(C)c(C)c1NC(=O)COC(=O)C[C@@H]1C(=O)C[C@@H](C)[C@H]1C[N+](=O)[O-]. The lowest BCUT2D eigenvalue weighted by Gasteiger charge is -2.17. The molecular formula is C17H24N4O6. The monoisotopic (exact) mass is 380 g/mol. The number of carbonyl (C=O) groups is 3. The van der Waals surface area contributed by atoms with Gasteiger partial charge >= 0.3 is 5.97 Å². The molecule has 2 rings (SSSR count). The molecule has 0 saturated heterocycles. The molecule has 3 atom stereocenters. The number of nitrogens with one attached hydrogen (secondary N) is 1. The van der Waals surface area contributed by atoms with Crippen molar-refractivity contribution in [2.75, 3.05) is 18.5 Å². The quantitative estimate of drug-likeness (QED) is 0.424. The average Bonchev–Trinajstić information content (AvgIpc) is 2.96. The topological polar surface area (TPSA) is 133 Å². The Morgan fingerprint density at radius 2 is 2.07 bits per heavy atom. The zero-order valence-corrected chi connectivity index (χ0v) is 15.9. The van der Waals surface area contributed by atoms with Crippen LogP contribution in [0.4, 0.5) is 5.69 Å². The van der Waals surface area contributed by atoms with Crippen LogP contribution in [0.1, 0.15) is 31.2 Å². The van der Waals surface area contributed by atoms with E-state index in [1.54, 1.807) is 32.5 Å². The fourth-order valence-electron chi connectivity index (χ4n) is 3.51. The number of aryl methyl sites for hydroxylation is 2. The number of rotatable bonds is 7. The van der Waals surface area contributed by atoms with Crippen molar-refractivity contribution >= 4 is 23.3 Å². The number of ether oxygens (including phenoxy) is 1. The molecule has 148 valence electrons. The molecule has 0 aliphatic heterocycles. The van der Waals surface area contributed by atoms with Crippen molar-refractivity contribution in [1.82, 2.24) is 9.78 Å². The van der Waals surface area contributed by atoms with E-state index in [-0.39, 0.29) is 31.1 Å². The highest BCUT2D eigenvalue weighted by Gasteiger charge is 2.44. The van der Waals surface area contributed by atoms with E-state index < -0.39 is 35.2 Å². The molecule has 0 bridgehead atoms. The van der Waals surface area contributed by atoms with Crippen LogP contribution >= 0.6 is 0 Å². The Kier molecular flexibility index (Phi) is 6.29. The minimum absolute atomic E-state index is 0.152. The molecule has 1 aliphatic carbocycles. The maximum Gasteiger partial charge on any atom is 0.307 e. The molecule has 1 saturated carbocycles. The Hall–Kier alpha value is -2.78. The maximum atomic E-state index is 12.0. The number of carbonyl (C=O) groups excluding carboxylic acids is 3. The molecular weight excluding hydrogens is 356 g/mol. The van der Waals surface area contributed by atoms with Gasteiger partial charge in [0.1, 0.15) is 5.78 Å². The van der Waals surface area contributed by atoms with Gasteiger partial charge in [0.2, 0.25) is 6.54 Å². The van der Waals surface area contributed by atoms with Gasteiger partial charge in [-0.25, -0.2) is 0 Å². The zero-order valence-electron chi connectivity index (χ0n) is 15.9. The van der Waals surface area contributed by atoms with E-state index in [4.69, 9.17) is 4.74 Å². The molecule has 1 N–H and O–H groups in total. The summed E-state index contributed by atoms with van der Waals surface area (Å²) < 4.78 is 6.59. The molecule has 0 aromatic carbocycles. The van der Waals surface area contributed by atoms with E-state index >= 15 is 0 Å². The molecule has 0 spiro atoms. The first-order chi connectivity index (χ1) is 12.6. The highest BCUT2D eigenvalue weighted by atomic mass is 16.6. The van der Waals surface area contributed by atoms with Crippen LogP contribution in [0, 0.1) is 41.7 Å². The van der Waals surface area contributed by atoms with Gasteiger partial charge in [0.25, 0.3) is 5.91 Å². The third-order valence-electron chi connectivity index (χ3n) is 5.07. The van der Waals surface area contributed by atoms with Gasteiger partial charge in [-0.3, -0.25) is 29.2 Å². The van der Waals surface area contributed by atoms with Gasteiger partial charge in [-0.05, 0) is 19.8 Å². The largest absolute Gasteiger partial charge is 0.456 e. The van der Waals surface area contributed by atoms with E-state index in [0.717, 1.165) is 5.69 Å². The maximum absolute atomic E-state index is 12.0. The summed E-state index contributed by atoms with van der Waals surface area (Å²) in [5.74, 6) is -2.78. The second kappa shape index (κ2) is 8.28. The van der Waals surface area contributed by atoms with Gasteiger partial charge in [0.05, 0.1) is 23.5 Å². The summed E-state index contributed by atoms with van der Waals surface area (Å²) in [5.41, 5.74) is 1.97. The van der Waals surface area contributed by atoms with Crippen molar-refractivity contribution in [2.24, 2.45) is 24.8 Å². The number of nitrogens with zero attached hydrogens (tertiary/aromatic N) is 3. The minimum atomic E-state index is -0.733. The van der Waals surface area contributed by atoms with Crippen LogP contribution in [-0.2, 0) is 26.2 Å². The van der Waals surface area contributed by atoms with Crippen molar-refractivity contribution in [3.63, 3.8) is 0 Å². The summed E-state index contributed by atoms with van der Waals surface area (Å²) in [6.45, 7) is 4.46. The molecule has 1 aromatic heterocycles. The lowest BCUT2D eigenvalue weighted by atomic mass is 9.88. The first-order valence-corrected chi connectivity index (χ1v) is 8.70. The number of aromatic nitrogens is 2. The molecule has 10 nitrogen and oxygen atoms in total. The van der Waals surface area contributed by atoms with Crippen molar-refractivity contribution < 1.29 is 24.0 Å². The number of hydrogen-bond donors (Lipinski definition) is 1. The lowest BCUT2D eigenvalue weighted by molar-refractivity contribution is -0.490. The number of ketones is 1. The first-order valence-electron chi connectivity index (χ1n) is 8.70. The third-order valence-corrected chi connectivity index (χ3v) is 5.07. The van der Waals surface area contributed by atoms with Crippen molar-refractivity contribution in [1.29, 1.82) is 0 Å². The van der Waals surface area contributed by atoms with Crippen LogP contribution in [0.25, 0.3) is 0 Å². The number of anilines is 1. The molecule has 0 unspecified atom stereocenters. The summed E-state index contributed by atoms with van der Waals surface area (Å²) in [6, 6.07) is 0. The molecule has 1 aliphatic rings. The van der Waals surface area contributed by atoms with E-state index in [0.29, 0.717) is 11.4 Å². The first kappa shape index (κ1) is 20.5. The predicted molar refractivity (Wildman–Crippen MR) is 94.5 cm³/mol. The van der Waals surface area contributed by atoms with Crippen molar-refractivity contribution in [2.45, 2.75) is 33.6 Å². The minimum Gasteiger partial charge on any atom is -0.456 e. The molecule has 0 radical (unpaired) electrons. The van der Waals surface area contributed by atoms with E-state index in [2.05, 4.69) is 10.4 Å². The molecule has 10 heteroatoms. The Balaban J connectivity index is 1.88. The van der Waals surface area contributed by atoms with Crippen molar-refractivity contribution in [3.05, 3.63) is 21.5 Å². The third kappa shape index (κ3) is 4.89. The van der Waals surface area contributed by atoms with Gasteiger partial charge in [0, 0.05) is 30.2 Å². The lowest BCUT2D eigenvalue weighted by Crippen LogP contribution is -2.28. The highest BCUT2D eigenvalue weighted by Crippen LogP contribution is 2.36. The number of amides is 1. The smallest absolute Gasteiger partial charge is 0.307 e. The van der Waals surface area contributed by atoms with Gasteiger partial charge < -0.3 is 10.1 Å². The Morgan fingerprint density at radius 1 is 1.41 bits per heavy atom. The molecule has 1 heterocycles. The van der Waals surface area contributed by atoms with E-state index in [1.807, 2.05) is 0 Å². The van der Waals surface area contributed by atoms with Gasteiger partial charge in [0.15, 0.2) is 6.61 Å². The fraction of sp³-hybridized carbons (Fsp3) is 0.647. The summed E-state index contributed by atoms with van der Waals surface area (Å²) in [6.07, 6.45) is -0.0313. The second-order valence-electron chi connectivity index (χ2n) is 7.02. The Bertz CT molecular complexity index is 772. The number of esters is 1. The summed E-state index contributed by atoms with van der Waals surface area (Å²) in [5, 5.41) is 17.6. The number of Topliss-reactive ketones (excluding diaryl/α,β-unsaturated/α-hetero) is 1. The summed E-state index contributed by atoms with van der Waals surface area (Å²) in [4.78, 5) is 46.4. The number of hydrogen-bond acceptors (Lipinski definition) is 7. The Labute approximate surface area is 156 Å². The highest BCUT2D eigenvalue weighted by molar-refractivity contribution is 5.94. The van der Waals surface area contributed by atoms with E-state index in [9.17, 15) is 24.5 Å². The molecule has 1 amide bonds. The zero-order chi connectivity index (χ0) is 20.3. The van der Waals surface area contributed by atoms with E-state index in [1.165, 1.54) is 0 Å². The summed E-state index contributed by atoms with van der Waals surface area (Å²) in [7, 11) is 1.75. The van der Waals surface area contributed by atoms with Gasteiger partial charge in [-0.1, -0.05) is 6.92 Å². The van der Waals surface area contributed by atoms with Gasteiger partial charge in [-0.2, -0.15) is 5.10 Å². The van der Waals surface area contributed by atoms with Crippen LogP contribution in [0.5, 0.6) is 0 Å². The molecule has 1 aromatic rings. The number of nitro groups is 1. The average molecular weight is 380 g/mol. The van der Waals surface area contributed by atoms with Crippen LogP contribution in [0.2, 0.25) is 0 Å². The van der Waals surface area contributed by atoms with Crippen molar-refractivity contribution in [3.8, 4) is 0 Å². The second-order valence-corrected chi connectivity index (χ2v) is 7.02. The Morgan fingerprint density at radius 3 is 2.63 bits per heavy atom. The molecule has 27 heavy (non-hydrogen) atoms.